The lowest BCUT2D eigenvalue weighted by molar-refractivity contribution is 0.0638. The van der Waals surface area contributed by atoms with Crippen LogP contribution in [-0.4, -0.2) is 27.2 Å². The van der Waals surface area contributed by atoms with Crippen molar-refractivity contribution in [2.45, 2.75) is 13.2 Å². The molecule has 0 saturated carbocycles. The number of carbonyl (C=O) groups is 3. The molecule has 0 atom stereocenters. The zero-order chi connectivity index (χ0) is 27.8. The monoisotopic (exact) mass is 593 g/mol. The summed E-state index contributed by atoms with van der Waals surface area (Å²) >= 11 is 3.22. The van der Waals surface area contributed by atoms with Gasteiger partial charge in [-0.2, -0.15) is 0 Å². The summed E-state index contributed by atoms with van der Waals surface area (Å²) in [6.45, 7) is -0.658. The van der Waals surface area contributed by atoms with E-state index in [9.17, 15) is 28.0 Å². The van der Waals surface area contributed by atoms with E-state index in [0.29, 0.717) is 6.07 Å². The van der Waals surface area contributed by atoms with Gasteiger partial charge in [-0.1, -0.05) is 18.2 Å². The van der Waals surface area contributed by atoms with Gasteiger partial charge in [0.05, 0.1) is 23.4 Å². The Morgan fingerprint density at radius 2 is 1.59 bits per heavy atom. The van der Waals surface area contributed by atoms with E-state index in [1.165, 1.54) is 47.0 Å². The molecule has 0 spiro atoms. The normalized spacial score (nSPS) is 12.5. The largest absolute Gasteiger partial charge is 0.487 e. The van der Waals surface area contributed by atoms with Crippen LogP contribution in [0.5, 0.6) is 5.75 Å². The number of imide groups is 1. The van der Waals surface area contributed by atoms with Gasteiger partial charge in [-0.05, 0) is 58.4 Å². The van der Waals surface area contributed by atoms with Gasteiger partial charge in [0.2, 0.25) is 5.91 Å². The summed E-state index contributed by atoms with van der Waals surface area (Å²) in [5.74, 6) is -3.38. The number of primary amides is 1. The molecular weight excluding hydrogens is 576 g/mol. The molecule has 0 bridgehead atoms. The molecule has 1 aliphatic heterocycles. The topological polar surface area (TPSA) is 112 Å². The highest BCUT2D eigenvalue weighted by molar-refractivity contribution is 9.10. The molecule has 4 aromatic rings. The second-order valence-electron chi connectivity index (χ2n) is 8.64. The van der Waals surface area contributed by atoms with Crippen LogP contribution in [0, 0.1) is 11.6 Å². The predicted molar refractivity (Wildman–Crippen MR) is 140 cm³/mol. The number of nitrogens with zero attached hydrogens (tertiary/aromatic N) is 2. The van der Waals surface area contributed by atoms with E-state index in [1.54, 1.807) is 18.2 Å². The first-order chi connectivity index (χ1) is 18.7. The number of hydrogen-bond donors (Lipinski definition) is 1. The van der Waals surface area contributed by atoms with E-state index in [4.69, 9.17) is 10.5 Å². The lowest BCUT2D eigenvalue weighted by Gasteiger charge is -2.21. The number of rotatable bonds is 7. The molecule has 0 saturated heterocycles. The summed E-state index contributed by atoms with van der Waals surface area (Å²) in [4.78, 5) is 52.5. The number of hydrogen-bond acceptors (Lipinski definition) is 5. The highest BCUT2D eigenvalue weighted by Crippen LogP contribution is 2.29. The van der Waals surface area contributed by atoms with Crippen LogP contribution in [0.15, 0.2) is 82.1 Å². The quantitative estimate of drug-likeness (QED) is 0.320. The highest BCUT2D eigenvalue weighted by Gasteiger charge is 2.36. The fraction of sp³-hybridized carbons (Fsp3) is 0.0714. The van der Waals surface area contributed by atoms with Crippen LogP contribution < -0.4 is 16.0 Å². The summed E-state index contributed by atoms with van der Waals surface area (Å²) in [5.41, 5.74) is 5.83. The number of benzene rings is 3. The minimum absolute atomic E-state index is 0.00219. The van der Waals surface area contributed by atoms with Gasteiger partial charge in [-0.25, -0.2) is 8.78 Å². The van der Waals surface area contributed by atoms with E-state index < -0.39 is 34.9 Å². The molecule has 11 heteroatoms. The van der Waals surface area contributed by atoms with E-state index in [2.05, 4.69) is 15.9 Å². The molecule has 0 fully saturated rings. The van der Waals surface area contributed by atoms with Gasteiger partial charge >= 0.3 is 0 Å². The van der Waals surface area contributed by atoms with Crippen molar-refractivity contribution >= 4 is 33.7 Å². The second kappa shape index (κ2) is 10.3. The minimum atomic E-state index is -0.825. The SMILES string of the molecule is NC(=O)c1cccc(-n2c(CN3C(=O)c4ccccc4C3=O)cc(OCc3ccc(F)cc3F)c(Br)c2=O)c1. The van der Waals surface area contributed by atoms with Crippen LogP contribution in [0.3, 0.4) is 0 Å². The van der Waals surface area contributed by atoms with Crippen LogP contribution >= 0.6 is 15.9 Å². The number of amides is 3. The van der Waals surface area contributed by atoms with Gasteiger partial charge in [0.1, 0.15) is 28.5 Å². The standard InChI is InChI=1S/C28H18BrF2N3O5/c29-24-23(39-14-16-8-9-17(30)11-22(16)31)12-19(13-33-26(36)20-6-1-2-7-21(20)27(33)37)34(28(24)38)18-5-3-4-15(10-18)25(32)35/h1-12H,13-14H2,(H2,32,35). The Hall–Kier alpha value is -4.64. The van der Waals surface area contributed by atoms with Gasteiger partial charge in [0, 0.05) is 28.9 Å². The molecule has 39 heavy (non-hydrogen) atoms. The predicted octanol–water partition coefficient (Wildman–Crippen LogP) is 4.35. The zero-order valence-corrected chi connectivity index (χ0v) is 21.6. The smallest absolute Gasteiger partial charge is 0.273 e. The van der Waals surface area contributed by atoms with Crippen molar-refractivity contribution in [3.8, 4) is 11.4 Å². The summed E-state index contributed by atoms with van der Waals surface area (Å²) in [5, 5.41) is 0. The van der Waals surface area contributed by atoms with Gasteiger partial charge in [0.15, 0.2) is 0 Å². The van der Waals surface area contributed by atoms with Crippen LogP contribution in [0.2, 0.25) is 0 Å². The fourth-order valence-electron chi connectivity index (χ4n) is 4.25. The van der Waals surface area contributed by atoms with E-state index >= 15 is 0 Å². The second-order valence-corrected chi connectivity index (χ2v) is 9.43. The van der Waals surface area contributed by atoms with Crippen molar-refractivity contribution in [3.05, 3.63) is 127 Å². The molecule has 1 aliphatic rings. The molecule has 3 aromatic carbocycles. The molecule has 196 valence electrons. The van der Waals surface area contributed by atoms with Crippen LogP contribution in [0.1, 0.15) is 42.3 Å². The van der Waals surface area contributed by atoms with Gasteiger partial charge < -0.3 is 10.5 Å². The van der Waals surface area contributed by atoms with Crippen LogP contribution in [-0.2, 0) is 13.2 Å². The molecule has 1 aromatic heterocycles. The number of halogens is 3. The van der Waals surface area contributed by atoms with Crippen LogP contribution in [0.4, 0.5) is 8.78 Å². The summed E-state index contributed by atoms with van der Waals surface area (Å²) in [7, 11) is 0. The van der Waals surface area contributed by atoms with Crippen LogP contribution in [0.25, 0.3) is 5.69 Å². The number of aromatic nitrogens is 1. The summed E-state index contributed by atoms with van der Waals surface area (Å²) < 4.78 is 34.4. The first-order valence-corrected chi connectivity index (χ1v) is 12.3. The molecule has 0 radical (unpaired) electrons. The van der Waals surface area contributed by atoms with Gasteiger partial charge in [-0.3, -0.25) is 28.6 Å². The average Bonchev–Trinajstić information content (AvgIpc) is 3.15. The lowest BCUT2D eigenvalue weighted by atomic mass is 10.1. The van der Waals surface area contributed by atoms with Crippen molar-refractivity contribution in [1.82, 2.24) is 9.47 Å². The van der Waals surface area contributed by atoms with E-state index in [-0.39, 0.29) is 57.0 Å². The van der Waals surface area contributed by atoms with Crippen molar-refractivity contribution in [2.75, 3.05) is 0 Å². The Bertz CT molecular complexity index is 1700. The Balaban J connectivity index is 1.60. The van der Waals surface area contributed by atoms with Gasteiger partial charge in [-0.15, -0.1) is 0 Å². The molecule has 2 N–H and O–H groups in total. The molecule has 8 nitrogen and oxygen atoms in total. The molecule has 5 rings (SSSR count). The summed E-state index contributed by atoms with van der Waals surface area (Å²) in [6, 6.07) is 16.7. The number of ether oxygens (including phenoxy) is 1. The third kappa shape index (κ3) is 4.84. The number of carbonyl (C=O) groups excluding carboxylic acids is 3. The zero-order valence-electron chi connectivity index (χ0n) is 20.0. The van der Waals surface area contributed by atoms with Crippen molar-refractivity contribution in [1.29, 1.82) is 0 Å². The highest BCUT2D eigenvalue weighted by atomic mass is 79.9. The lowest BCUT2D eigenvalue weighted by Crippen LogP contribution is -2.33. The van der Waals surface area contributed by atoms with E-state index in [1.807, 2.05) is 0 Å². The first-order valence-electron chi connectivity index (χ1n) is 11.5. The molecule has 3 amide bonds. The molecule has 2 heterocycles. The van der Waals surface area contributed by atoms with Gasteiger partial charge in [0.25, 0.3) is 17.4 Å². The summed E-state index contributed by atoms with van der Waals surface area (Å²) in [6.07, 6.45) is 0. The minimum Gasteiger partial charge on any atom is -0.487 e. The van der Waals surface area contributed by atoms with E-state index in [0.717, 1.165) is 11.0 Å². The Morgan fingerprint density at radius 3 is 2.23 bits per heavy atom. The van der Waals surface area contributed by atoms with Crippen molar-refractivity contribution < 1.29 is 27.9 Å². The maximum atomic E-state index is 14.2. The third-order valence-corrected chi connectivity index (χ3v) is 6.91. The maximum Gasteiger partial charge on any atom is 0.273 e. The number of pyridine rings is 1. The van der Waals surface area contributed by atoms with Crippen molar-refractivity contribution in [3.63, 3.8) is 0 Å². The number of nitrogens with two attached hydrogens (primary N) is 1. The van der Waals surface area contributed by atoms with Crippen molar-refractivity contribution in [2.24, 2.45) is 5.73 Å². The Kier molecular flexibility index (Phi) is 6.83. The average molecular weight is 594 g/mol. The molecule has 0 unspecified atom stereocenters. The first kappa shape index (κ1) is 26.0. The molecule has 0 aliphatic carbocycles. The maximum absolute atomic E-state index is 14.2. The fourth-order valence-corrected chi connectivity index (χ4v) is 4.66. The third-order valence-electron chi connectivity index (χ3n) is 6.18. The molecular formula is C28H18BrF2N3O5. The Labute approximate surface area is 228 Å². The number of fused-ring (bicyclic) bond motifs is 1. The Morgan fingerprint density at radius 1 is 0.897 bits per heavy atom.